The van der Waals surface area contributed by atoms with Crippen LogP contribution in [-0.4, -0.2) is 5.54 Å². The van der Waals surface area contributed by atoms with Crippen molar-refractivity contribution in [2.75, 3.05) is 5.32 Å². The highest BCUT2D eigenvalue weighted by Gasteiger charge is 2.30. The van der Waals surface area contributed by atoms with Gasteiger partial charge in [-0.3, -0.25) is 0 Å². The summed E-state index contributed by atoms with van der Waals surface area (Å²) in [5.41, 5.74) is 1.97. The van der Waals surface area contributed by atoms with Gasteiger partial charge in [0.2, 0.25) is 0 Å². The first kappa shape index (κ1) is 13.0. The van der Waals surface area contributed by atoms with Gasteiger partial charge in [0.1, 0.15) is 5.54 Å². The normalized spacial score (nSPS) is 19.3. The molecule has 1 aromatic rings. The van der Waals surface area contributed by atoms with Crippen molar-refractivity contribution in [1.82, 2.24) is 0 Å². The van der Waals surface area contributed by atoms with Crippen LogP contribution in [0.1, 0.15) is 50.5 Å². The molecule has 0 radical (unpaired) electrons. The minimum atomic E-state index is -0.355. The van der Waals surface area contributed by atoms with Crippen LogP contribution in [0.15, 0.2) is 24.3 Å². The van der Waals surface area contributed by atoms with Crippen LogP contribution >= 0.6 is 0 Å². The van der Waals surface area contributed by atoms with E-state index in [4.69, 9.17) is 0 Å². The molecule has 0 aliphatic heterocycles. The Morgan fingerprint density at radius 1 is 1.06 bits per heavy atom. The van der Waals surface area contributed by atoms with E-state index >= 15 is 0 Å². The highest BCUT2D eigenvalue weighted by Crippen LogP contribution is 2.30. The van der Waals surface area contributed by atoms with Crippen molar-refractivity contribution in [3.05, 3.63) is 29.8 Å². The lowest BCUT2D eigenvalue weighted by molar-refractivity contribution is 0.410. The lowest BCUT2D eigenvalue weighted by atomic mass is 9.84. The van der Waals surface area contributed by atoms with Crippen molar-refractivity contribution >= 4 is 5.69 Å². The largest absolute Gasteiger partial charge is 0.367 e. The van der Waals surface area contributed by atoms with Crippen LogP contribution in [0.4, 0.5) is 5.69 Å². The van der Waals surface area contributed by atoms with Crippen molar-refractivity contribution in [3.8, 4) is 6.07 Å². The fourth-order valence-corrected chi connectivity index (χ4v) is 2.74. The minimum Gasteiger partial charge on any atom is -0.367 e. The zero-order valence-corrected chi connectivity index (χ0v) is 11.2. The maximum atomic E-state index is 9.60. The molecular formula is C16H22N2. The van der Waals surface area contributed by atoms with Gasteiger partial charge < -0.3 is 5.32 Å². The van der Waals surface area contributed by atoms with Gasteiger partial charge in [-0.2, -0.15) is 5.26 Å². The summed E-state index contributed by atoms with van der Waals surface area (Å²) < 4.78 is 0. The Labute approximate surface area is 110 Å². The zero-order valence-electron chi connectivity index (χ0n) is 11.2. The Morgan fingerprint density at radius 2 is 1.67 bits per heavy atom. The number of hydrogen-bond acceptors (Lipinski definition) is 2. The topological polar surface area (TPSA) is 35.8 Å². The second kappa shape index (κ2) is 5.91. The van der Waals surface area contributed by atoms with E-state index in [0.29, 0.717) is 0 Å². The molecule has 0 saturated heterocycles. The number of nitrogens with zero attached hydrogens (tertiary/aromatic N) is 1. The molecule has 1 aliphatic rings. The summed E-state index contributed by atoms with van der Waals surface area (Å²) in [6, 6.07) is 10.8. The molecule has 0 atom stereocenters. The summed E-state index contributed by atoms with van der Waals surface area (Å²) in [4.78, 5) is 0. The van der Waals surface area contributed by atoms with Crippen LogP contribution in [0.2, 0.25) is 0 Å². The molecule has 0 amide bonds. The van der Waals surface area contributed by atoms with Crippen molar-refractivity contribution in [2.45, 2.75) is 57.4 Å². The van der Waals surface area contributed by atoms with Gasteiger partial charge in [0.25, 0.3) is 0 Å². The molecule has 0 aromatic heterocycles. The third-order valence-corrected chi connectivity index (χ3v) is 3.94. The van der Waals surface area contributed by atoms with Gasteiger partial charge in [-0.05, 0) is 31.4 Å². The Balaban J connectivity index is 2.16. The Morgan fingerprint density at radius 3 is 2.28 bits per heavy atom. The van der Waals surface area contributed by atoms with E-state index in [-0.39, 0.29) is 5.54 Å². The van der Waals surface area contributed by atoms with Crippen LogP contribution < -0.4 is 5.32 Å². The molecule has 0 spiro atoms. The number of rotatable bonds is 2. The van der Waals surface area contributed by atoms with Crippen LogP contribution in [0.3, 0.4) is 0 Å². The molecule has 1 saturated carbocycles. The number of para-hydroxylation sites is 1. The molecule has 18 heavy (non-hydrogen) atoms. The van der Waals surface area contributed by atoms with Gasteiger partial charge in [0, 0.05) is 5.69 Å². The molecule has 0 unspecified atom stereocenters. The SMILES string of the molecule is Cc1ccccc1NC1(C#N)CCCCCCC1. The van der Waals surface area contributed by atoms with Crippen molar-refractivity contribution in [2.24, 2.45) is 0 Å². The zero-order chi connectivity index (χ0) is 12.8. The van der Waals surface area contributed by atoms with E-state index in [0.717, 1.165) is 31.4 Å². The lowest BCUT2D eigenvalue weighted by Gasteiger charge is -2.31. The van der Waals surface area contributed by atoms with Gasteiger partial charge in [0.05, 0.1) is 6.07 Å². The third-order valence-electron chi connectivity index (χ3n) is 3.94. The summed E-state index contributed by atoms with van der Waals surface area (Å²) in [5, 5.41) is 13.1. The van der Waals surface area contributed by atoms with Gasteiger partial charge in [-0.1, -0.05) is 50.3 Å². The first-order valence-electron chi connectivity index (χ1n) is 7.01. The molecule has 1 fully saturated rings. The molecule has 1 aliphatic carbocycles. The molecule has 1 N–H and O–H groups in total. The average molecular weight is 242 g/mol. The number of anilines is 1. The molecule has 0 heterocycles. The first-order valence-corrected chi connectivity index (χ1v) is 7.01. The van der Waals surface area contributed by atoms with Crippen LogP contribution in [-0.2, 0) is 0 Å². The minimum absolute atomic E-state index is 0.355. The quantitative estimate of drug-likeness (QED) is 0.833. The first-order chi connectivity index (χ1) is 8.76. The highest BCUT2D eigenvalue weighted by molar-refractivity contribution is 5.53. The van der Waals surface area contributed by atoms with Crippen molar-refractivity contribution in [1.29, 1.82) is 5.26 Å². The van der Waals surface area contributed by atoms with Crippen LogP contribution in [0.25, 0.3) is 0 Å². The maximum absolute atomic E-state index is 9.60. The van der Waals surface area contributed by atoms with Crippen molar-refractivity contribution in [3.63, 3.8) is 0 Å². The predicted molar refractivity (Wildman–Crippen MR) is 75.5 cm³/mol. The van der Waals surface area contributed by atoms with E-state index in [1.165, 1.54) is 24.8 Å². The highest BCUT2D eigenvalue weighted by atomic mass is 15.0. The smallest absolute Gasteiger partial charge is 0.125 e. The van der Waals surface area contributed by atoms with Crippen molar-refractivity contribution < 1.29 is 0 Å². The number of benzene rings is 1. The summed E-state index contributed by atoms with van der Waals surface area (Å²) in [5.74, 6) is 0. The summed E-state index contributed by atoms with van der Waals surface area (Å²) in [7, 11) is 0. The summed E-state index contributed by atoms with van der Waals surface area (Å²) in [6.45, 7) is 2.09. The number of nitriles is 1. The van der Waals surface area contributed by atoms with Gasteiger partial charge in [-0.25, -0.2) is 0 Å². The predicted octanol–water partition coefficient (Wildman–Crippen LogP) is 4.41. The van der Waals surface area contributed by atoms with E-state index in [9.17, 15) is 5.26 Å². The molecule has 2 nitrogen and oxygen atoms in total. The monoisotopic (exact) mass is 242 g/mol. The van der Waals surface area contributed by atoms with Crippen LogP contribution in [0, 0.1) is 18.3 Å². The Hall–Kier alpha value is -1.49. The Kier molecular flexibility index (Phi) is 4.25. The fourth-order valence-electron chi connectivity index (χ4n) is 2.74. The van der Waals surface area contributed by atoms with Gasteiger partial charge in [0.15, 0.2) is 0 Å². The molecular weight excluding hydrogens is 220 g/mol. The second-order valence-electron chi connectivity index (χ2n) is 5.40. The second-order valence-corrected chi connectivity index (χ2v) is 5.40. The molecule has 1 aromatic carbocycles. The van der Waals surface area contributed by atoms with Gasteiger partial charge in [-0.15, -0.1) is 0 Å². The fraction of sp³-hybridized carbons (Fsp3) is 0.562. The third kappa shape index (κ3) is 3.04. The van der Waals surface area contributed by atoms with E-state index in [1.807, 2.05) is 12.1 Å². The van der Waals surface area contributed by atoms with E-state index in [1.54, 1.807) is 0 Å². The van der Waals surface area contributed by atoms with E-state index < -0.39 is 0 Å². The maximum Gasteiger partial charge on any atom is 0.125 e. The Bertz CT molecular complexity index is 423. The molecule has 96 valence electrons. The number of nitrogens with one attached hydrogen (secondary N) is 1. The summed E-state index contributed by atoms with van der Waals surface area (Å²) in [6.07, 6.45) is 8.11. The van der Waals surface area contributed by atoms with Crippen LogP contribution in [0.5, 0.6) is 0 Å². The number of hydrogen-bond donors (Lipinski definition) is 1. The van der Waals surface area contributed by atoms with Gasteiger partial charge >= 0.3 is 0 Å². The average Bonchev–Trinajstić information content (AvgIpc) is 2.35. The summed E-state index contributed by atoms with van der Waals surface area (Å²) >= 11 is 0. The number of aryl methyl sites for hydroxylation is 1. The molecule has 2 heteroatoms. The standard InChI is InChI=1S/C16H22N2/c1-14-9-5-6-10-15(14)18-16(13-17)11-7-3-2-4-8-12-16/h5-6,9-10,18H,2-4,7-8,11-12H2,1H3. The lowest BCUT2D eigenvalue weighted by Crippen LogP contribution is -2.37. The molecule has 0 bridgehead atoms. The van der Waals surface area contributed by atoms with E-state index in [2.05, 4.69) is 30.4 Å². The molecule has 2 rings (SSSR count).